The number of furan rings is 1. The third-order valence-electron chi connectivity index (χ3n) is 3.66. The van der Waals surface area contributed by atoms with E-state index in [4.69, 9.17) is 4.42 Å². The molecule has 0 radical (unpaired) electrons. The maximum atomic E-state index is 5.51. The van der Waals surface area contributed by atoms with Crippen LogP contribution in [-0.4, -0.2) is 4.98 Å². The van der Waals surface area contributed by atoms with Gasteiger partial charge in [-0.2, -0.15) is 0 Å². The maximum absolute atomic E-state index is 5.51. The van der Waals surface area contributed by atoms with Crippen molar-refractivity contribution >= 4 is 0 Å². The number of nitrogens with zero attached hydrogens (tertiary/aromatic N) is 1. The number of hydrogen-bond acceptors (Lipinski definition) is 2. The second-order valence-electron chi connectivity index (χ2n) is 4.88. The Morgan fingerprint density at radius 1 is 1.17 bits per heavy atom. The van der Waals surface area contributed by atoms with Gasteiger partial charge in [-0.05, 0) is 55.0 Å². The predicted molar refractivity (Wildman–Crippen MR) is 73.6 cm³/mol. The van der Waals surface area contributed by atoms with Crippen LogP contribution in [0.4, 0.5) is 0 Å². The lowest BCUT2D eigenvalue weighted by Gasteiger charge is -2.16. The third-order valence-corrected chi connectivity index (χ3v) is 3.66. The lowest BCUT2D eigenvalue weighted by atomic mass is 9.90. The van der Waals surface area contributed by atoms with Crippen LogP contribution in [0, 0.1) is 0 Å². The van der Waals surface area contributed by atoms with Crippen LogP contribution < -0.4 is 0 Å². The first-order valence-corrected chi connectivity index (χ1v) is 6.74. The lowest BCUT2D eigenvalue weighted by Crippen LogP contribution is -2.00. The summed E-state index contributed by atoms with van der Waals surface area (Å²) >= 11 is 0. The fourth-order valence-electron chi connectivity index (χ4n) is 2.38. The Morgan fingerprint density at radius 2 is 1.94 bits per heavy atom. The molecule has 0 saturated carbocycles. The van der Waals surface area contributed by atoms with Crippen molar-refractivity contribution in [3.05, 3.63) is 54.2 Å². The van der Waals surface area contributed by atoms with Crippen LogP contribution in [0.25, 0.3) is 0 Å². The van der Waals surface area contributed by atoms with Crippen molar-refractivity contribution in [1.82, 2.24) is 4.98 Å². The van der Waals surface area contributed by atoms with E-state index in [9.17, 15) is 0 Å². The highest BCUT2D eigenvalue weighted by molar-refractivity contribution is 5.15. The van der Waals surface area contributed by atoms with Crippen molar-refractivity contribution in [1.29, 1.82) is 0 Å². The topological polar surface area (TPSA) is 26.0 Å². The average Bonchev–Trinajstić information content (AvgIpc) is 2.94. The van der Waals surface area contributed by atoms with E-state index < -0.39 is 0 Å². The minimum atomic E-state index is 0.546. The molecule has 0 N–H and O–H groups in total. The smallest absolute Gasteiger partial charge is 0.106 e. The summed E-state index contributed by atoms with van der Waals surface area (Å²) in [5.41, 5.74) is 1.37. The van der Waals surface area contributed by atoms with Gasteiger partial charge in [0.2, 0.25) is 0 Å². The SMILES string of the molecule is CCC(CCC(C)c1ccncc1)c1ccco1. The Labute approximate surface area is 109 Å². The van der Waals surface area contributed by atoms with Crippen LogP contribution in [-0.2, 0) is 0 Å². The van der Waals surface area contributed by atoms with E-state index in [0.717, 1.165) is 12.2 Å². The lowest BCUT2D eigenvalue weighted by molar-refractivity contribution is 0.423. The highest BCUT2D eigenvalue weighted by atomic mass is 16.3. The molecule has 0 saturated heterocycles. The standard InChI is InChI=1S/C16H21NO/c1-3-14(16-5-4-12-18-16)7-6-13(2)15-8-10-17-11-9-15/h4-5,8-14H,3,6-7H2,1-2H3. The first-order valence-electron chi connectivity index (χ1n) is 6.74. The monoisotopic (exact) mass is 243 g/mol. The predicted octanol–water partition coefficient (Wildman–Crippen LogP) is 4.75. The van der Waals surface area contributed by atoms with E-state index in [1.165, 1.54) is 18.4 Å². The van der Waals surface area contributed by atoms with Crippen molar-refractivity contribution in [3.63, 3.8) is 0 Å². The summed E-state index contributed by atoms with van der Waals surface area (Å²) < 4.78 is 5.51. The zero-order valence-corrected chi connectivity index (χ0v) is 11.2. The molecule has 2 atom stereocenters. The minimum Gasteiger partial charge on any atom is -0.469 e. The molecule has 2 aromatic heterocycles. The van der Waals surface area contributed by atoms with E-state index in [0.29, 0.717) is 11.8 Å². The minimum absolute atomic E-state index is 0.546. The molecule has 0 bridgehead atoms. The van der Waals surface area contributed by atoms with E-state index in [2.05, 4.69) is 37.0 Å². The van der Waals surface area contributed by atoms with E-state index >= 15 is 0 Å². The quantitative estimate of drug-likeness (QED) is 0.731. The molecule has 18 heavy (non-hydrogen) atoms. The van der Waals surface area contributed by atoms with Gasteiger partial charge in [0.15, 0.2) is 0 Å². The van der Waals surface area contributed by atoms with Crippen molar-refractivity contribution < 1.29 is 4.42 Å². The molecule has 0 spiro atoms. The molecule has 0 aromatic carbocycles. The summed E-state index contributed by atoms with van der Waals surface area (Å²) in [5.74, 6) is 2.25. The third kappa shape index (κ3) is 3.22. The number of pyridine rings is 1. The van der Waals surface area contributed by atoms with Gasteiger partial charge in [-0.15, -0.1) is 0 Å². The summed E-state index contributed by atoms with van der Waals surface area (Å²) in [5, 5.41) is 0. The van der Waals surface area contributed by atoms with Gasteiger partial charge in [0.1, 0.15) is 5.76 Å². The zero-order chi connectivity index (χ0) is 12.8. The Bertz CT molecular complexity index is 435. The molecule has 96 valence electrons. The first-order chi connectivity index (χ1) is 8.81. The van der Waals surface area contributed by atoms with E-state index in [1.54, 1.807) is 6.26 Å². The van der Waals surface area contributed by atoms with Gasteiger partial charge in [-0.25, -0.2) is 0 Å². The van der Waals surface area contributed by atoms with Crippen LogP contribution >= 0.6 is 0 Å². The second kappa shape index (κ2) is 6.39. The molecule has 2 rings (SSSR count). The Kier molecular flexibility index (Phi) is 4.57. The summed E-state index contributed by atoms with van der Waals surface area (Å²) in [6, 6.07) is 8.28. The fraction of sp³-hybridized carbons (Fsp3) is 0.438. The second-order valence-corrected chi connectivity index (χ2v) is 4.88. The average molecular weight is 243 g/mol. The van der Waals surface area contributed by atoms with Gasteiger partial charge in [0, 0.05) is 18.3 Å². The van der Waals surface area contributed by atoms with Crippen molar-refractivity contribution in [3.8, 4) is 0 Å². The molecule has 2 heteroatoms. The number of rotatable bonds is 6. The van der Waals surface area contributed by atoms with Gasteiger partial charge in [-0.3, -0.25) is 4.98 Å². The molecule has 0 aliphatic rings. The van der Waals surface area contributed by atoms with Crippen molar-refractivity contribution in [2.24, 2.45) is 0 Å². The highest BCUT2D eigenvalue weighted by Crippen LogP contribution is 2.29. The summed E-state index contributed by atoms with van der Waals surface area (Å²) in [4.78, 5) is 4.06. The Balaban J connectivity index is 1.91. The molecular formula is C16H21NO. The molecule has 0 amide bonds. The van der Waals surface area contributed by atoms with Crippen LogP contribution in [0.2, 0.25) is 0 Å². The summed E-state index contributed by atoms with van der Waals surface area (Å²) in [7, 11) is 0. The Hall–Kier alpha value is -1.57. The van der Waals surface area contributed by atoms with E-state index in [-0.39, 0.29) is 0 Å². The summed E-state index contributed by atoms with van der Waals surface area (Å²) in [6.45, 7) is 4.51. The molecular weight excluding hydrogens is 222 g/mol. The van der Waals surface area contributed by atoms with Crippen LogP contribution in [0.1, 0.15) is 56.3 Å². The molecule has 0 aliphatic carbocycles. The first kappa shape index (κ1) is 12.9. The van der Waals surface area contributed by atoms with Crippen LogP contribution in [0.5, 0.6) is 0 Å². The maximum Gasteiger partial charge on any atom is 0.106 e. The fourth-order valence-corrected chi connectivity index (χ4v) is 2.38. The molecule has 0 fully saturated rings. The van der Waals surface area contributed by atoms with Gasteiger partial charge in [0.05, 0.1) is 6.26 Å². The summed E-state index contributed by atoms with van der Waals surface area (Å²) in [6.07, 6.45) is 9.00. The van der Waals surface area contributed by atoms with Gasteiger partial charge in [0.25, 0.3) is 0 Å². The van der Waals surface area contributed by atoms with Gasteiger partial charge < -0.3 is 4.42 Å². The largest absolute Gasteiger partial charge is 0.469 e. The zero-order valence-electron chi connectivity index (χ0n) is 11.2. The number of aromatic nitrogens is 1. The Morgan fingerprint density at radius 3 is 2.56 bits per heavy atom. The van der Waals surface area contributed by atoms with Crippen LogP contribution in [0.15, 0.2) is 47.3 Å². The van der Waals surface area contributed by atoms with Crippen LogP contribution in [0.3, 0.4) is 0 Å². The van der Waals surface area contributed by atoms with Crippen molar-refractivity contribution in [2.45, 2.75) is 44.9 Å². The molecule has 2 heterocycles. The molecule has 0 aliphatic heterocycles. The normalized spacial score (nSPS) is 14.3. The molecule has 2 unspecified atom stereocenters. The van der Waals surface area contributed by atoms with Gasteiger partial charge >= 0.3 is 0 Å². The van der Waals surface area contributed by atoms with Crippen molar-refractivity contribution in [2.75, 3.05) is 0 Å². The molecule has 2 aromatic rings. The number of hydrogen-bond donors (Lipinski definition) is 0. The highest BCUT2D eigenvalue weighted by Gasteiger charge is 2.14. The van der Waals surface area contributed by atoms with Gasteiger partial charge in [-0.1, -0.05) is 13.8 Å². The van der Waals surface area contributed by atoms with E-state index in [1.807, 2.05) is 18.5 Å². The molecule has 2 nitrogen and oxygen atoms in total.